The van der Waals surface area contributed by atoms with Crippen LogP contribution < -0.4 is 53.2 Å². The minimum absolute atomic E-state index is 0.0295. The number of nitrogens with zero attached hydrogens (tertiary/aromatic N) is 4. The summed E-state index contributed by atoms with van der Waals surface area (Å²) in [6.07, 6.45) is 12.3. The first kappa shape index (κ1) is 88.4. The Hall–Kier alpha value is -12.0. The predicted molar refractivity (Wildman–Crippen MR) is 426 cm³/mol. The van der Waals surface area contributed by atoms with E-state index in [-0.39, 0.29) is 71.0 Å². The molecule has 11 amide bonds. The molecular formula is C85H106N14O19. The van der Waals surface area contributed by atoms with Crippen molar-refractivity contribution in [3.63, 3.8) is 0 Å². The van der Waals surface area contributed by atoms with Crippen LogP contribution in [0.25, 0.3) is 0 Å². The number of amides is 11. The van der Waals surface area contributed by atoms with Gasteiger partial charge in [-0.1, -0.05) is 87.7 Å². The molecule has 3 aliphatic carbocycles. The third-order valence-electron chi connectivity index (χ3n) is 23.1. The van der Waals surface area contributed by atoms with Crippen molar-refractivity contribution in [2.75, 3.05) is 7.05 Å². The smallest absolute Gasteiger partial charge is 0.312 e. The number of ether oxygens (including phenoxy) is 1. The van der Waals surface area contributed by atoms with E-state index in [1.54, 1.807) is 152 Å². The fourth-order valence-electron chi connectivity index (χ4n) is 15.2. The molecule has 6 heterocycles. The number of esters is 1. The SMILES string of the molecule is C[C@H]1NC(=O)C(C2CCC2)N(C)C(=O)[C@H](C)[C@H](O)[C@H](Cc2cccnc2)NC(=O)[C@H]1NC(=O)c1ccccc1O.C[C@H]1NC(=O)C(C2CCC2)NC(=O)[C@H](C)[C@H](O)[C@H](Cc2cccnc2)NC(=O)[C@H]1NC(=O)c1ccccc1O.C[C@H]1NC(=O)C(C2CCC2)OC(=O)[C@H](C)[C@H](O)[C@H](Cc2cccnc2)NC(=O)[C@H]1NC(=O)c1ccccc1O. The van der Waals surface area contributed by atoms with Crippen molar-refractivity contribution in [2.45, 2.75) is 209 Å². The van der Waals surface area contributed by atoms with Crippen LogP contribution >= 0.6 is 0 Å². The molecule has 0 bridgehead atoms. The standard InChI is InChI=1S/C29H37N5O6.C28H35N5O6.C28H34N4O7/c1-16-25(36)21(14-18-8-7-13-30-15-18)32-27(38)23(33-26(37)20-11-4-5-12-22(20)35)17(2)31-28(39)24(19-9-6-10-19)34(3)29(16)40;1-15-24(35)20(13-17-7-6-12-29-14-17)31-27(38)22(32-26(37)19-10-3-4-11-21(19)34)16(2)30-28(39)23(33-25(15)36)18-8-5-9-18;1-15-23(34)20(13-17-7-6-12-29-14-17)31-26(36)22(32-25(35)19-10-3-4-11-21(19)33)16(2)30-27(37)24(39-28(15)38)18-8-5-9-18/h4-5,7-8,11-13,15-17,19,21,23-25,35-36H,6,9-10,14H2,1-3H3,(H,31,39)(H,32,38)(H,33,37);3-4,6-7,10-12,14-16,18,20,22-24,34-35H,5,8-9,13H2,1-2H3,(H,30,39)(H,31,38)(H,32,37)(H,33,36);3-4,6-7,10-12,14-16,18,20,22-24,33-34H,5,8-9,13H2,1-2H3,(H,30,37)(H,31,36)(H,32,35)/t16-,17-,21+,23+,24?,25+;15-,16-,20+,22+,23?,24+;15-,16-,20+,22+,23+,24?/m111/s1. The summed E-state index contributed by atoms with van der Waals surface area (Å²) in [5.74, 6) is -11.3. The van der Waals surface area contributed by atoms with E-state index in [0.717, 1.165) is 56.1 Å². The number of pyridine rings is 3. The lowest BCUT2D eigenvalue weighted by Crippen LogP contribution is -2.65. The van der Waals surface area contributed by atoms with Crippen LogP contribution in [0.4, 0.5) is 0 Å². The minimum Gasteiger partial charge on any atom is -0.507 e. The van der Waals surface area contributed by atoms with E-state index in [2.05, 4.69) is 68.1 Å². The van der Waals surface area contributed by atoms with E-state index in [1.165, 1.54) is 48.2 Å². The molecule has 6 aliphatic rings. The number of para-hydroxylation sites is 3. The molecule has 6 fully saturated rings. The van der Waals surface area contributed by atoms with Gasteiger partial charge in [0.25, 0.3) is 23.6 Å². The van der Waals surface area contributed by atoms with E-state index >= 15 is 0 Å². The molecule has 3 aromatic carbocycles. The summed E-state index contributed by atoms with van der Waals surface area (Å²) >= 11 is 0. The molecule has 18 atom stereocenters. The molecule has 630 valence electrons. The second-order valence-corrected chi connectivity index (χ2v) is 31.5. The molecule has 3 aromatic heterocycles. The summed E-state index contributed by atoms with van der Waals surface area (Å²) in [6.45, 7) is 9.32. The van der Waals surface area contributed by atoms with Gasteiger partial charge in [-0.3, -0.25) is 72.5 Å². The molecule has 33 heteroatoms. The maximum atomic E-state index is 13.7. The monoisotopic (exact) mass is 1630 g/mol. The summed E-state index contributed by atoms with van der Waals surface area (Å²) in [5, 5.41) is 91.8. The van der Waals surface area contributed by atoms with Gasteiger partial charge >= 0.3 is 5.97 Å². The van der Waals surface area contributed by atoms with Gasteiger partial charge in [-0.05, 0) is 169 Å². The molecule has 0 spiro atoms. The molecule has 3 saturated carbocycles. The Labute approximate surface area is 682 Å². The fraction of sp³-hybridized carbons (Fsp3) is 0.471. The Morgan fingerprint density at radius 2 is 0.754 bits per heavy atom. The van der Waals surface area contributed by atoms with Crippen molar-refractivity contribution in [3.05, 3.63) is 180 Å². The molecule has 118 heavy (non-hydrogen) atoms. The van der Waals surface area contributed by atoms with E-state index in [1.807, 2.05) is 0 Å². The second kappa shape index (κ2) is 40.7. The third-order valence-corrected chi connectivity index (χ3v) is 23.1. The summed E-state index contributed by atoms with van der Waals surface area (Å²) in [6, 6.07) is 17.4. The van der Waals surface area contributed by atoms with Gasteiger partial charge in [0.15, 0.2) is 6.10 Å². The molecule has 0 radical (unpaired) electrons. The van der Waals surface area contributed by atoms with Gasteiger partial charge in [-0.2, -0.15) is 0 Å². The number of hydrogen-bond acceptors (Lipinski definition) is 22. The average molecular weight is 1630 g/mol. The van der Waals surface area contributed by atoms with Crippen LogP contribution in [0.5, 0.6) is 17.2 Å². The first-order chi connectivity index (χ1) is 56.4. The number of benzene rings is 3. The Balaban J connectivity index is 0.000000186. The van der Waals surface area contributed by atoms with Crippen LogP contribution in [-0.2, 0) is 67.2 Å². The lowest BCUT2D eigenvalue weighted by molar-refractivity contribution is -0.169. The maximum absolute atomic E-state index is 13.7. The number of cyclic esters (lactones) is 1. The second-order valence-electron chi connectivity index (χ2n) is 31.5. The average Bonchev–Trinajstić information content (AvgIpc) is 0.488. The van der Waals surface area contributed by atoms with Crippen LogP contribution in [0.2, 0.25) is 0 Å². The number of hydrogen-bond donors (Lipinski definition) is 16. The zero-order chi connectivity index (χ0) is 85.2. The highest BCUT2D eigenvalue weighted by atomic mass is 16.6. The summed E-state index contributed by atoms with van der Waals surface area (Å²) in [7, 11) is 1.57. The number of phenolic OH excluding ortho intramolecular Hbond substituents is 3. The highest BCUT2D eigenvalue weighted by Gasteiger charge is 2.47. The van der Waals surface area contributed by atoms with Crippen molar-refractivity contribution in [1.29, 1.82) is 0 Å². The molecule has 3 aliphatic heterocycles. The van der Waals surface area contributed by atoms with Crippen LogP contribution in [0.3, 0.4) is 0 Å². The van der Waals surface area contributed by atoms with Crippen molar-refractivity contribution >= 4 is 70.9 Å². The maximum Gasteiger partial charge on any atom is 0.312 e. The van der Waals surface area contributed by atoms with Gasteiger partial charge in [0.05, 0.1) is 89.0 Å². The van der Waals surface area contributed by atoms with E-state index in [0.29, 0.717) is 18.4 Å². The number of aromatic nitrogens is 3. The van der Waals surface area contributed by atoms with Gasteiger partial charge in [0.1, 0.15) is 47.5 Å². The van der Waals surface area contributed by atoms with Crippen molar-refractivity contribution in [2.24, 2.45) is 35.5 Å². The number of carbonyl (C=O) groups is 12. The number of aliphatic hydroxyl groups excluding tert-OH is 3. The zero-order valence-corrected chi connectivity index (χ0v) is 66.7. The normalized spacial score (nSPS) is 28.5. The highest BCUT2D eigenvalue weighted by molar-refractivity contribution is 6.02. The molecular weight excluding hydrogens is 1520 g/mol. The summed E-state index contributed by atoms with van der Waals surface area (Å²) in [5.41, 5.74) is 2.06. The molecule has 16 N–H and O–H groups in total. The summed E-state index contributed by atoms with van der Waals surface area (Å²) in [4.78, 5) is 174. The minimum atomic E-state index is -1.36. The number of nitrogens with one attached hydrogen (secondary N) is 10. The van der Waals surface area contributed by atoms with Crippen LogP contribution in [-0.4, -0.2) is 219 Å². The Kier molecular flexibility index (Phi) is 30.5. The number of likely N-dealkylation sites (N-methyl/N-ethyl adjacent to an activating group) is 1. The summed E-state index contributed by atoms with van der Waals surface area (Å²) < 4.78 is 5.64. The first-order valence-electron chi connectivity index (χ1n) is 40.0. The molecule has 6 aromatic rings. The van der Waals surface area contributed by atoms with E-state index in [4.69, 9.17) is 4.74 Å². The van der Waals surface area contributed by atoms with E-state index < -0.39 is 180 Å². The molecule has 3 saturated heterocycles. The Morgan fingerprint density at radius 3 is 1.10 bits per heavy atom. The Morgan fingerprint density at radius 1 is 0.407 bits per heavy atom. The quantitative estimate of drug-likeness (QED) is 0.0654. The van der Waals surface area contributed by atoms with Gasteiger partial charge < -0.3 is 93.4 Å². The largest absolute Gasteiger partial charge is 0.507 e. The van der Waals surface area contributed by atoms with Crippen molar-refractivity contribution < 1.29 is 92.9 Å². The van der Waals surface area contributed by atoms with Gasteiger partial charge in [-0.15, -0.1) is 0 Å². The predicted octanol–water partition coefficient (Wildman–Crippen LogP) is 2.01. The van der Waals surface area contributed by atoms with Gasteiger partial charge in [-0.25, -0.2) is 0 Å². The number of rotatable bonds is 15. The fourth-order valence-corrected chi connectivity index (χ4v) is 15.2. The number of phenols is 3. The van der Waals surface area contributed by atoms with Crippen LogP contribution in [0.1, 0.15) is 147 Å². The molecule has 12 rings (SSSR count). The lowest BCUT2D eigenvalue weighted by Gasteiger charge is -2.41. The zero-order valence-electron chi connectivity index (χ0n) is 66.7. The van der Waals surface area contributed by atoms with Gasteiger partial charge in [0, 0.05) is 50.1 Å². The van der Waals surface area contributed by atoms with Crippen LogP contribution in [0, 0.1) is 35.5 Å². The van der Waals surface area contributed by atoms with Gasteiger partial charge in [0.2, 0.25) is 41.4 Å². The van der Waals surface area contributed by atoms with Crippen molar-refractivity contribution in [1.82, 2.24) is 73.0 Å². The molecule has 33 nitrogen and oxygen atoms in total. The lowest BCUT2D eigenvalue weighted by atomic mass is 9.78. The topological polar surface area (TPSA) is 498 Å². The highest BCUT2D eigenvalue weighted by Crippen LogP contribution is 2.36. The van der Waals surface area contributed by atoms with E-state index in [9.17, 15) is 88.2 Å². The van der Waals surface area contributed by atoms with Crippen molar-refractivity contribution in [3.8, 4) is 17.2 Å². The molecule has 3 unspecified atom stereocenters. The number of aromatic hydroxyl groups is 3. The first-order valence-corrected chi connectivity index (χ1v) is 40.0. The van der Waals surface area contributed by atoms with Crippen LogP contribution in [0.15, 0.2) is 146 Å². The number of carbonyl (C=O) groups excluding carboxylic acids is 12. The Bertz CT molecular complexity index is 4350. The number of aliphatic hydroxyl groups is 3. The third kappa shape index (κ3) is 22.2.